The molecule has 2 N–H and O–H groups in total. The fraction of sp³-hybridized carbons (Fsp3) is 0.556. The zero-order valence-corrected chi connectivity index (χ0v) is 10.1. The molecule has 0 bridgehead atoms. The summed E-state index contributed by atoms with van der Waals surface area (Å²) in [6.45, 7) is 3.70. The van der Waals surface area contributed by atoms with E-state index in [1.807, 2.05) is 6.92 Å². The lowest BCUT2D eigenvalue weighted by Crippen LogP contribution is -2.24. The minimum atomic E-state index is 0. The van der Waals surface area contributed by atoms with Gasteiger partial charge in [0.25, 0.3) is 0 Å². The summed E-state index contributed by atoms with van der Waals surface area (Å²) >= 11 is 1.51. The highest BCUT2D eigenvalue weighted by atomic mass is 35.5. The lowest BCUT2D eigenvalue weighted by atomic mass is 10.1. The molecule has 0 saturated carbocycles. The summed E-state index contributed by atoms with van der Waals surface area (Å²) in [7, 11) is 0. The normalized spacial score (nSPS) is 19.7. The molecule has 84 valence electrons. The average molecular weight is 248 g/mol. The molecule has 15 heavy (non-hydrogen) atoms. The molecule has 1 atom stereocenters. The molecule has 0 radical (unpaired) electrons. The van der Waals surface area contributed by atoms with Gasteiger partial charge in [0.15, 0.2) is 5.13 Å². The van der Waals surface area contributed by atoms with Crippen molar-refractivity contribution in [2.45, 2.75) is 13.3 Å². The molecule has 1 saturated heterocycles. The Hall–Kier alpha value is -0.650. The zero-order valence-electron chi connectivity index (χ0n) is 8.45. The molecule has 6 heteroatoms. The molecule has 1 aromatic heterocycles. The monoisotopic (exact) mass is 247 g/mol. The number of nitrogens with one attached hydrogen (secondary N) is 2. The molecular formula is C9H14ClN3OS. The second kappa shape index (κ2) is 5.44. The Morgan fingerprint density at radius 2 is 2.53 bits per heavy atom. The largest absolute Gasteiger partial charge is 0.316 e. The number of aryl methyl sites for hydroxylation is 1. The smallest absolute Gasteiger partial charge is 0.230 e. The van der Waals surface area contributed by atoms with Crippen LogP contribution in [0, 0.1) is 12.8 Å². The molecule has 1 aromatic rings. The Bertz CT molecular complexity index is 336. The molecule has 1 aliphatic rings. The third-order valence-electron chi connectivity index (χ3n) is 2.28. The molecule has 1 aliphatic heterocycles. The maximum Gasteiger partial charge on any atom is 0.230 e. The van der Waals surface area contributed by atoms with Crippen LogP contribution in [0.5, 0.6) is 0 Å². The van der Waals surface area contributed by atoms with Gasteiger partial charge in [-0.25, -0.2) is 4.98 Å². The van der Waals surface area contributed by atoms with E-state index in [4.69, 9.17) is 0 Å². The van der Waals surface area contributed by atoms with Gasteiger partial charge >= 0.3 is 0 Å². The van der Waals surface area contributed by atoms with Crippen LogP contribution in [0.3, 0.4) is 0 Å². The van der Waals surface area contributed by atoms with Crippen molar-refractivity contribution in [3.8, 4) is 0 Å². The predicted octanol–water partition coefficient (Wildman–Crippen LogP) is 1.42. The van der Waals surface area contributed by atoms with Gasteiger partial charge in [0.05, 0.1) is 5.92 Å². The van der Waals surface area contributed by atoms with E-state index in [9.17, 15) is 4.79 Å². The number of hydrogen-bond acceptors (Lipinski definition) is 4. The predicted molar refractivity (Wildman–Crippen MR) is 63.7 cm³/mol. The number of aromatic nitrogens is 1. The van der Waals surface area contributed by atoms with Crippen LogP contribution < -0.4 is 10.6 Å². The first-order valence-electron chi connectivity index (χ1n) is 4.70. The molecule has 0 aliphatic carbocycles. The molecule has 4 nitrogen and oxygen atoms in total. The molecule has 2 heterocycles. The van der Waals surface area contributed by atoms with Crippen molar-refractivity contribution in [2.75, 3.05) is 18.4 Å². The summed E-state index contributed by atoms with van der Waals surface area (Å²) in [6.07, 6.45) is 2.70. The molecular weight excluding hydrogens is 234 g/mol. The Morgan fingerprint density at radius 3 is 3.07 bits per heavy atom. The first kappa shape index (κ1) is 12.4. The zero-order chi connectivity index (χ0) is 9.97. The first-order valence-corrected chi connectivity index (χ1v) is 5.51. The second-order valence-corrected chi connectivity index (χ2v) is 4.69. The van der Waals surface area contributed by atoms with Crippen molar-refractivity contribution in [3.05, 3.63) is 11.1 Å². The van der Waals surface area contributed by atoms with Crippen molar-refractivity contribution in [3.63, 3.8) is 0 Å². The topological polar surface area (TPSA) is 54.0 Å². The van der Waals surface area contributed by atoms with Crippen LogP contribution >= 0.6 is 23.7 Å². The Morgan fingerprint density at radius 1 is 1.73 bits per heavy atom. The van der Waals surface area contributed by atoms with Crippen LogP contribution in [0.4, 0.5) is 5.13 Å². The van der Waals surface area contributed by atoms with Crippen molar-refractivity contribution in [2.24, 2.45) is 5.92 Å². The molecule has 0 unspecified atom stereocenters. The van der Waals surface area contributed by atoms with Gasteiger partial charge < -0.3 is 10.6 Å². The van der Waals surface area contributed by atoms with Gasteiger partial charge in [-0.15, -0.1) is 23.7 Å². The van der Waals surface area contributed by atoms with E-state index < -0.39 is 0 Å². The van der Waals surface area contributed by atoms with Crippen molar-refractivity contribution < 1.29 is 4.79 Å². The quantitative estimate of drug-likeness (QED) is 0.831. The summed E-state index contributed by atoms with van der Waals surface area (Å²) in [4.78, 5) is 16.8. The lowest BCUT2D eigenvalue weighted by molar-refractivity contribution is -0.119. The fourth-order valence-corrected chi connectivity index (χ4v) is 2.17. The highest BCUT2D eigenvalue weighted by molar-refractivity contribution is 7.15. The van der Waals surface area contributed by atoms with Crippen LogP contribution in [-0.2, 0) is 4.79 Å². The molecule has 1 fully saturated rings. The minimum absolute atomic E-state index is 0. The van der Waals surface area contributed by atoms with E-state index in [-0.39, 0.29) is 24.2 Å². The fourth-order valence-electron chi connectivity index (χ4n) is 1.50. The summed E-state index contributed by atoms with van der Waals surface area (Å²) in [5, 5.41) is 6.71. The number of halogens is 1. The molecule has 0 spiro atoms. The van der Waals surface area contributed by atoms with Crippen LogP contribution in [0.25, 0.3) is 0 Å². The van der Waals surface area contributed by atoms with Crippen LogP contribution in [0.15, 0.2) is 6.20 Å². The lowest BCUT2D eigenvalue weighted by Gasteiger charge is -2.06. The van der Waals surface area contributed by atoms with Crippen LogP contribution in [-0.4, -0.2) is 24.0 Å². The second-order valence-electron chi connectivity index (χ2n) is 3.46. The number of carbonyl (C=O) groups excluding carboxylic acids is 1. The Balaban J connectivity index is 0.00000112. The van der Waals surface area contributed by atoms with E-state index in [0.717, 1.165) is 24.4 Å². The number of rotatable bonds is 2. The van der Waals surface area contributed by atoms with E-state index in [0.29, 0.717) is 5.13 Å². The van der Waals surface area contributed by atoms with Gasteiger partial charge in [0, 0.05) is 17.6 Å². The van der Waals surface area contributed by atoms with Gasteiger partial charge in [0.1, 0.15) is 0 Å². The Labute approximate surface area is 98.9 Å². The van der Waals surface area contributed by atoms with Crippen molar-refractivity contribution in [1.82, 2.24) is 10.3 Å². The average Bonchev–Trinajstić information content (AvgIpc) is 2.75. The van der Waals surface area contributed by atoms with Gasteiger partial charge in [-0.3, -0.25) is 4.79 Å². The maximum atomic E-state index is 11.6. The number of amides is 1. The van der Waals surface area contributed by atoms with Gasteiger partial charge in [-0.1, -0.05) is 0 Å². The van der Waals surface area contributed by atoms with E-state index in [1.54, 1.807) is 6.20 Å². The SMILES string of the molecule is Cc1cnc(NC(=O)[C@@H]2CCNC2)s1.Cl. The summed E-state index contributed by atoms with van der Waals surface area (Å²) < 4.78 is 0. The number of carbonyl (C=O) groups is 1. The highest BCUT2D eigenvalue weighted by Crippen LogP contribution is 2.18. The van der Waals surface area contributed by atoms with Crippen LogP contribution in [0.1, 0.15) is 11.3 Å². The third-order valence-corrected chi connectivity index (χ3v) is 3.11. The highest BCUT2D eigenvalue weighted by Gasteiger charge is 2.22. The van der Waals surface area contributed by atoms with Crippen LogP contribution in [0.2, 0.25) is 0 Å². The van der Waals surface area contributed by atoms with Gasteiger partial charge in [0.2, 0.25) is 5.91 Å². The van der Waals surface area contributed by atoms with E-state index >= 15 is 0 Å². The summed E-state index contributed by atoms with van der Waals surface area (Å²) in [5.41, 5.74) is 0. The van der Waals surface area contributed by atoms with Crippen molar-refractivity contribution >= 4 is 34.8 Å². The molecule has 2 rings (SSSR count). The number of hydrogen-bond donors (Lipinski definition) is 2. The summed E-state index contributed by atoms with van der Waals surface area (Å²) in [6, 6.07) is 0. The third kappa shape index (κ3) is 3.15. The first-order chi connectivity index (χ1) is 6.75. The van der Waals surface area contributed by atoms with Gasteiger partial charge in [-0.2, -0.15) is 0 Å². The van der Waals surface area contributed by atoms with Crippen molar-refractivity contribution in [1.29, 1.82) is 0 Å². The maximum absolute atomic E-state index is 11.6. The molecule has 0 aromatic carbocycles. The summed E-state index contributed by atoms with van der Waals surface area (Å²) in [5.74, 6) is 0.198. The number of thiazole rings is 1. The Kier molecular flexibility index (Phi) is 4.50. The minimum Gasteiger partial charge on any atom is -0.316 e. The standard InChI is InChI=1S/C9H13N3OS.ClH/c1-6-4-11-9(14-6)12-8(13)7-2-3-10-5-7;/h4,7,10H,2-3,5H2,1H3,(H,11,12,13);1H/t7-;/m1./s1. The number of anilines is 1. The van der Waals surface area contributed by atoms with Gasteiger partial charge in [-0.05, 0) is 19.9 Å². The van der Waals surface area contributed by atoms with E-state index in [2.05, 4.69) is 15.6 Å². The molecule has 1 amide bonds. The number of nitrogens with zero attached hydrogens (tertiary/aromatic N) is 1. The van der Waals surface area contributed by atoms with E-state index in [1.165, 1.54) is 11.3 Å².